The summed E-state index contributed by atoms with van der Waals surface area (Å²) in [7, 11) is 0. The standard InChI is InChI=1S/C22H16Cl2N4O/c23-16-8-9-18(19(24)11-16)21-12-20(27-28-21)14-4-6-15(7-5-14)22(29)26-13-17-3-1-2-10-25-17/h1-12H,13H2,(H,26,29)(H,27,28). The van der Waals surface area contributed by atoms with Crippen LogP contribution < -0.4 is 5.32 Å². The number of benzene rings is 2. The minimum absolute atomic E-state index is 0.155. The second-order valence-electron chi connectivity index (χ2n) is 6.37. The van der Waals surface area contributed by atoms with Crippen LogP contribution in [-0.2, 0) is 6.54 Å². The summed E-state index contributed by atoms with van der Waals surface area (Å²) in [5, 5.41) is 11.3. The van der Waals surface area contributed by atoms with E-state index in [0.29, 0.717) is 22.2 Å². The number of H-pyrrole nitrogens is 1. The highest BCUT2D eigenvalue weighted by atomic mass is 35.5. The van der Waals surface area contributed by atoms with Gasteiger partial charge in [-0.3, -0.25) is 14.9 Å². The molecule has 144 valence electrons. The van der Waals surface area contributed by atoms with Crippen LogP contribution in [0.1, 0.15) is 16.1 Å². The molecular weight excluding hydrogens is 407 g/mol. The summed E-state index contributed by atoms with van der Waals surface area (Å²) in [5.41, 5.74) is 4.63. The van der Waals surface area contributed by atoms with Gasteiger partial charge in [0.25, 0.3) is 5.91 Å². The van der Waals surface area contributed by atoms with Gasteiger partial charge in [0, 0.05) is 27.9 Å². The van der Waals surface area contributed by atoms with Crippen molar-refractivity contribution in [3.05, 3.63) is 94.2 Å². The smallest absolute Gasteiger partial charge is 0.251 e. The SMILES string of the molecule is O=C(NCc1ccccn1)c1ccc(-c2cc(-c3ccc(Cl)cc3Cl)[nH]n2)cc1. The lowest BCUT2D eigenvalue weighted by atomic mass is 10.1. The topological polar surface area (TPSA) is 70.7 Å². The molecule has 4 aromatic rings. The molecule has 0 saturated carbocycles. The van der Waals surface area contributed by atoms with Crippen LogP contribution in [0.2, 0.25) is 10.0 Å². The molecular formula is C22H16Cl2N4O. The van der Waals surface area contributed by atoms with Crippen LogP contribution in [-0.4, -0.2) is 21.1 Å². The summed E-state index contributed by atoms with van der Waals surface area (Å²) in [6, 6.07) is 20.1. The molecule has 2 aromatic heterocycles. The van der Waals surface area contributed by atoms with Gasteiger partial charge >= 0.3 is 0 Å². The van der Waals surface area contributed by atoms with Crippen LogP contribution in [0.25, 0.3) is 22.5 Å². The highest BCUT2D eigenvalue weighted by Gasteiger charge is 2.11. The summed E-state index contributed by atoms with van der Waals surface area (Å²) in [4.78, 5) is 16.5. The fourth-order valence-electron chi connectivity index (χ4n) is 2.88. The first-order chi connectivity index (χ1) is 14.1. The number of hydrogen-bond acceptors (Lipinski definition) is 3. The van der Waals surface area contributed by atoms with E-state index in [4.69, 9.17) is 23.2 Å². The van der Waals surface area contributed by atoms with Crippen molar-refractivity contribution >= 4 is 29.1 Å². The number of amides is 1. The van der Waals surface area contributed by atoms with Crippen molar-refractivity contribution < 1.29 is 4.79 Å². The number of aromatic nitrogens is 3. The number of halogens is 2. The van der Waals surface area contributed by atoms with Gasteiger partial charge in [-0.1, -0.05) is 41.4 Å². The van der Waals surface area contributed by atoms with Gasteiger partial charge in [-0.15, -0.1) is 0 Å². The first kappa shape index (κ1) is 19.2. The van der Waals surface area contributed by atoms with E-state index in [1.54, 1.807) is 30.5 Å². The first-order valence-electron chi connectivity index (χ1n) is 8.89. The van der Waals surface area contributed by atoms with Crippen molar-refractivity contribution in [2.75, 3.05) is 0 Å². The normalized spacial score (nSPS) is 10.7. The van der Waals surface area contributed by atoms with Crippen molar-refractivity contribution in [2.24, 2.45) is 0 Å². The summed E-state index contributed by atoms with van der Waals surface area (Å²) >= 11 is 12.2. The molecule has 0 saturated heterocycles. The van der Waals surface area contributed by atoms with E-state index in [2.05, 4.69) is 20.5 Å². The van der Waals surface area contributed by atoms with E-state index in [1.807, 2.05) is 42.5 Å². The van der Waals surface area contributed by atoms with Crippen molar-refractivity contribution in [1.82, 2.24) is 20.5 Å². The maximum Gasteiger partial charge on any atom is 0.251 e. The Kier molecular flexibility index (Phi) is 5.60. The van der Waals surface area contributed by atoms with E-state index in [9.17, 15) is 4.79 Å². The number of carbonyl (C=O) groups excluding carboxylic acids is 1. The average Bonchev–Trinajstić information content (AvgIpc) is 3.23. The molecule has 0 radical (unpaired) electrons. The molecule has 5 nitrogen and oxygen atoms in total. The molecule has 0 atom stereocenters. The molecule has 0 spiro atoms. The molecule has 2 heterocycles. The number of nitrogens with one attached hydrogen (secondary N) is 2. The largest absolute Gasteiger partial charge is 0.346 e. The number of rotatable bonds is 5. The number of nitrogens with zero attached hydrogens (tertiary/aromatic N) is 2. The fourth-order valence-corrected chi connectivity index (χ4v) is 3.39. The molecule has 4 rings (SSSR count). The van der Waals surface area contributed by atoms with Gasteiger partial charge in [-0.2, -0.15) is 5.10 Å². The first-order valence-corrected chi connectivity index (χ1v) is 9.65. The number of carbonyl (C=O) groups is 1. The summed E-state index contributed by atoms with van der Waals surface area (Å²) in [6.07, 6.45) is 1.70. The van der Waals surface area contributed by atoms with E-state index in [-0.39, 0.29) is 5.91 Å². The molecule has 0 aliphatic heterocycles. The maximum atomic E-state index is 12.3. The molecule has 0 fully saturated rings. The van der Waals surface area contributed by atoms with Gasteiger partial charge in [-0.25, -0.2) is 0 Å². The molecule has 2 aromatic carbocycles. The molecule has 7 heteroatoms. The molecule has 0 aliphatic rings. The predicted molar refractivity (Wildman–Crippen MR) is 115 cm³/mol. The van der Waals surface area contributed by atoms with Gasteiger partial charge in [-0.05, 0) is 48.5 Å². The molecule has 29 heavy (non-hydrogen) atoms. The Morgan fingerprint density at radius 1 is 1.00 bits per heavy atom. The van der Waals surface area contributed by atoms with Crippen molar-refractivity contribution in [2.45, 2.75) is 6.54 Å². The zero-order valence-corrected chi connectivity index (χ0v) is 16.7. The van der Waals surface area contributed by atoms with Crippen LogP contribution in [0.4, 0.5) is 0 Å². The Labute approximate surface area is 177 Å². The Balaban J connectivity index is 1.47. The van der Waals surface area contributed by atoms with Crippen molar-refractivity contribution in [3.63, 3.8) is 0 Å². The number of aromatic amines is 1. The van der Waals surface area contributed by atoms with Crippen LogP contribution in [0, 0.1) is 0 Å². The zero-order chi connectivity index (χ0) is 20.2. The van der Waals surface area contributed by atoms with Gasteiger partial charge in [0.05, 0.1) is 28.6 Å². The van der Waals surface area contributed by atoms with Gasteiger partial charge in [0.1, 0.15) is 0 Å². The Bertz CT molecular complexity index is 1140. The minimum atomic E-state index is -0.155. The second kappa shape index (κ2) is 8.47. The van der Waals surface area contributed by atoms with Crippen molar-refractivity contribution in [3.8, 4) is 22.5 Å². The number of hydrogen-bond donors (Lipinski definition) is 2. The Hall–Kier alpha value is -3.15. The lowest BCUT2D eigenvalue weighted by molar-refractivity contribution is 0.0950. The Morgan fingerprint density at radius 2 is 1.83 bits per heavy atom. The number of pyridine rings is 1. The fraction of sp³-hybridized carbons (Fsp3) is 0.0455. The van der Waals surface area contributed by atoms with Gasteiger partial charge in [0.15, 0.2) is 0 Å². The highest BCUT2D eigenvalue weighted by molar-refractivity contribution is 6.36. The second-order valence-corrected chi connectivity index (χ2v) is 7.22. The van der Waals surface area contributed by atoms with Crippen LogP contribution >= 0.6 is 23.2 Å². The summed E-state index contributed by atoms with van der Waals surface area (Å²) in [6.45, 7) is 0.381. The zero-order valence-electron chi connectivity index (χ0n) is 15.2. The quantitative estimate of drug-likeness (QED) is 0.453. The van der Waals surface area contributed by atoms with Gasteiger partial charge in [0.2, 0.25) is 0 Å². The van der Waals surface area contributed by atoms with Gasteiger partial charge < -0.3 is 5.32 Å². The van der Waals surface area contributed by atoms with E-state index < -0.39 is 0 Å². The lowest BCUT2D eigenvalue weighted by Crippen LogP contribution is -2.23. The summed E-state index contributed by atoms with van der Waals surface area (Å²) < 4.78 is 0. The summed E-state index contributed by atoms with van der Waals surface area (Å²) in [5.74, 6) is -0.155. The Morgan fingerprint density at radius 3 is 2.55 bits per heavy atom. The molecule has 0 unspecified atom stereocenters. The average molecular weight is 423 g/mol. The van der Waals surface area contributed by atoms with E-state index >= 15 is 0 Å². The minimum Gasteiger partial charge on any atom is -0.346 e. The van der Waals surface area contributed by atoms with Crippen molar-refractivity contribution in [1.29, 1.82) is 0 Å². The van der Waals surface area contributed by atoms with Crippen LogP contribution in [0.3, 0.4) is 0 Å². The third-order valence-electron chi connectivity index (χ3n) is 4.40. The third-order valence-corrected chi connectivity index (χ3v) is 4.95. The third kappa shape index (κ3) is 4.47. The molecule has 2 N–H and O–H groups in total. The van der Waals surface area contributed by atoms with E-state index in [0.717, 1.165) is 28.2 Å². The van der Waals surface area contributed by atoms with Crippen LogP contribution in [0.5, 0.6) is 0 Å². The van der Waals surface area contributed by atoms with E-state index in [1.165, 1.54) is 0 Å². The molecule has 0 bridgehead atoms. The monoisotopic (exact) mass is 422 g/mol. The highest BCUT2D eigenvalue weighted by Crippen LogP contribution is 2.31. The lowest BCUT2D eigenvalue weighted by Gasteiger charge is -2.05. The maximum absolute atomic E-state index is 12.3. The van der Waals surface area contributed by atoms with Crippen LogP contribution in [0.15, 0.2) is 72.9 Å². The molecule has 1 amide bonds. The predicted octanol–water partition coefficient (Wildman–Crippen LogP) is 5.38. The molecule has 0 aliphatic carbocycles.